The van der Waals surface area contributed by atoms with Crippen molar-refractivity contribution in [2.24, 2.45) is 5.84 Å². The van der Waals surface area contributed by atoms with Crippen molar-refractivity contribution >= 4 is 11.6 Å². The van der Waals surface area contributed by atoms with Gasteiger partial charge in [-0.3, -0.25) is 10.6 Å². The largest absolute Gasteiger partial charge is 0.339 e. The molecule has 0 spiro atoms. The maximum Gasteiger partial charge on any atom is 0.253 e. The molecule has 1 aliphatic carbocycles. The number of benzene rings is 1. The first-order chi connectivity index (χ1) is 9.63. The van der Waals surface area contributed by atoms with Crippen LogP contribution in [0.15, 0.2) is 18.2 Å². The van der Waals surface area contributed by atoms with Gasteiger partial charge in [-0.2, -0.15) is 0 Å². The average Bonchev–Trinajstić information content (AvgIpc) is 2.74. The Morgan fingerprint density at radius 3 is 2.45 bits per heavy atom. The number of hydrogen-bond acceptors (Lipinski definition) is 3. The number of nitrogens with two attached hydrogens (primary N) is 1. The van der Waals surface area contributed by atoms with E-state index < -0.39 is 0 Å². The molecule has 1 saturated carbocycles. The molecule has 0 saturated heterocycles. The zero-order valence-electron chi connectivity index (χ0n) is 12.5. The van der Waals surface area contributed by atoms with E-state index >= 15 is 0 Å². The molecule has 0 bridgehead atoms. The number of carbonyl (C=O) groups is 1. The van der Waals surface area contributed by atoms with Gasteiger partial charge in [-0.15, -0.1) is 0 Å². The second kappa shape index (κ2) is 6.75. The van der Waals surface area contributed by atoms with Crippen molar-refractivity contribution in [3.63, 3.8) is 0 Å². The number of anilines is 1. The number of carbonyl (C=O) groups excluding carboxylic acids is 1. The van der Waals surface area contributed by atoms with Gasteiger partial charge in [0.2, 0.25) is 0 Å². The lowest BCUT2D eigenvalue weighted by Crippen LogP contribution is -2.36. The Hall–Kier alpha value is -1.55. The van der Waals surface area contributed by atoms with Crippen LogP contribution < -0.4 is 11.3 Å². The molecule has 3 N–H and O–H groups in total. The predicted octanol–water partition coefficient (Wildman–Crippen LogP) is 3.08. The fourth-order valence-corrected chi connectivity index (χ4v) is 2.97. The molecule has 0 heterocycles. The number of aryl methyl sites for hydroxylation is 1. The summed E-state index contributed by atoms with van der Waals surface area (Å²) in [6.07, 6.45) is 7.32. The van der Waals surface area contributed by atoms with Crippen molar-refractivity contribution in [1.29, 1.82) is 0 Å². The van der Waals surface area contributed by atoms with Crippen LogP contribution in [0.1, 0.15) is 54.4 Å². The Bertz CT molecular complexity index is 465. The monoisotopic (exact) mass is 275 g/mol. The quantitative estimate of drug-likeness (QED) is 0.506. The molecular weight excluding hydrogens is 250 g/mol. The van der Waals surface area contributed by atoms with Crippen molar-refractivity contribution in [3.05, 3.63) is 29.3 Å². The lowest BCUT2D eigenvalue weighted by Gasteiger charge is -2.27. The van der Waals surface area contributed by atoms with Crippen molar-refractivity contribution in [1.82, 2.24) is 4.90 Å². The van der Waals surface area contributed by atoms with Gasteiger partial charge >= 0.3 is 0 Å². The molecule has 4 nitrogen and oxygen atoms in total. The fourth-order valence-electron chi connectivity index (χ4n) is 2.97. The van der Waals surface area contributed by atoms with Gasteiger partial charge in [0.25, 0.3) is 5.91 Å². The Kier molecular flexibility index (Phi) is 5.01. The first-order valence-corrected chi connectivity index (χ1v) is 7.48. The van der Waals surface area contributed by atoms with Gasteiger partial charge < -0.3 is 10.3 Å². The van der Waals surface area contributed by atoms with Crippen molar-refractivity contribution in [3.8, 4) is 0 Å². The van der Waals surface area contributed by atoms with Crippen LogP contribution >= 0.6 is 0 Å². The normalized spacial score (nSPS) is 16.6. The smallest absolute Gasteiger partial charge is 0.253 e. The van der Waals surface area contributed by atoms with Gasteiger partial charge in [-0.05, 0) is 43.5 Å². The highest BCUT2D eigenvalue weighted by Gasteiger charge is 2.22. The summed E-state index contributed by atoms with van der Waals surface area (Å²) >= 11 is 0. The number of rotatable bonds is 3. The van der Waals surface area contributed by atoms with Gasteiger partial charge in [0.15, 0.2) is 0 Å². The van der Waals surface area contributed by atoms with E-state index in [9.17, 15) is 4.79 Å². The SMILES string of the molecule is Cc1cc(C(=O)N(C)C2CCCCCC2)ccc1NN. The molecule has 0 atom stereocenters. The van der Waals surface area contributed by atoms with E-state index in [2.05, 4.69) is 5.43 Å². The third-order valence-electron chi connectivity index (χ3n) is 4.32. The summed E-state index contributed by atoms with van der Waals surface area (Å²) in [4.78, 5) is 14.5. The highest BCUT2D eigenvalue weighted by molar-refractivity contribution is 5.95. The fraction of sp³-hybridized carbons (Fsp3) is 0.562. The van der Waals surface area contributed by atoms with Gasteiger partial charge in [0, 0.05) is 18.7 Å². The van der Waals surface area contributed by atoms with Crippen LogP contribution in [-0.4, -0.2) is 23.9 Å². The number of nitrogens with zero attached hydrogens (tertiary/aromatic N) is 1. The first-order valence-electron chi connectivity index (χ1n) is 7.48. The summed E-state index contributed by atoms with van der Waals surface area (Å²) in [5.41, 5.74) is 5.23. The van der Waals surface area contributed by atoms with Crippen molar-refractivity contribution in [2.75, 3.05) is 12.5 Å². The summed E-state index contributed by atoms with van der Waals surface area (Å²) < 4.78 is 0. The Morgan fingerprint density at radius 1 is 1.25 bits per heavy atom. The molecule has 2 rings (SSSR count). The van der Waals surface area contributed by atoms with Crippen LogP contribution in [0.2, 0.25) is 0 Å². The molecule has 110 valence electrons. The number of amides is 1. The van der Waals surface area contributed by atoms with Crippen LogP contribution in [0.25, 0.3) is 0 Å². The molecule has 0 aromatic heterocycles. The summed E-state index contributed by atoms with van der Waals surface area (Å²) in [6, 6.07) is 6.00. The summed E-state index contributed by atoms with van der Waals surface area (Å²) in [7, 11) is 1.93. The first kappa shape index (κ1) is 14.9. The van der Waals surface area contributed by atoms with Crippen molar-refractivity contribution in [2.45, 2.75) is 51.5 Å². The van der Waals surface area contributed by atoms with E-state index in [1.807, 2.05) is 37.1 Å². The van der Waals surface area contributed by atoms with Crippen LogP contribution in [0, 0.1) is 6.92 Å². The van der Waals surface area contributed by atoms with Crippen LogP contribution in [0.3, 0.4) is 0 Å². The minimum atomic E-state index is 0.114. The van der Waals surface area contributed by atoms with Crippen LogP contribution in [-0.2, 0) is 0 Å². The zero-order valence-corrected chi connectivity index (χ0v) is 12.5. The summed E-state index contributed by atoms with van der Waals surface area (Å²) in [6.45, 7) is 1.96. The number of hydrogen-bond donors (Lipinski definition) is 2. The van der Waals surface area contributed by atoms with E-state index in [0.717, 1.165) is 29.7 Å². The molecule has 1 aromatic rings. The number of nitrogens with one attached hydrogen (secondary N) is 1. The minimum Gasteiger partial charge on any atom is -0.339 e. The average molecular weight is 275 g/mol. The molecule has 0 unspecified atom stereocenters. The Morgan fingerprint density at radius 2 is 1.90 bits per heavy atom. The third-order valence-corrected chi connectivity index (χ3v) is 4.32. The minimum absolute atomic E-state index is 0.114. The van der Waals surface area contributed by atoms with Gasteiger partial charge in [-0.1, -0.05) is 25.7 Å². The number of hydrazine groups is 1. The van der Waals surface area contributed by atoms with E-state index in [1.165, 1.54) is 25.7 Å². The third kappa shape index (κ3) is 3.31. The molecule has 0 aliphatic heterocycles. The lowest BCUT2D eigenvalue weighted by atomic mass is 10.0. The topological polar surface area (TPSA) is 58.4 Å². The highest BCUT2D eigenvalue weighted by atomic mass is 16.2. The Labute approximate surface area is 121 Å². The van der Waals surface area contributed by atoms with E-state index in [0.29, 0.717) is 6.04 Å². The highest BCUT2D eigenvalue weighted by Crippen LogP contribution is 2.23. The molecule has 1 fully saturated rings. The van der Waals surface area contributed by atoms with Gasteiger partial charge in [0.1, 0.15) is 0 Å². The van der Waals surface area contributed by atoms with Crippen LogP contribution in [0.4, 0.5) is 5.69 Å². The summed E-state index contributed by atoms with van der Waals surface area (Å²) in [5, 5.41) is 0. The molecule has 1 aromatic carbocycles. The molecular formula is C16H25N3O. The second-order valence-corrected chi connectivity index (χ2v) is 5.74. The molecule has 4 heteroatoms. The molecule has 0 radical (unpaired) electrons. The zero-order chi connectivity index (χ0) is 14.5. The lowest BCUT2D eigenvalue weighted by molar-refractivity contribution is 0.0717. The van der Waals surface area contributed by atoms with Gasteiger partial charge in [-0.25, -0.2) is 0 Å². The number of nitrogen functional groups attached to an aromatic ring is 1. The standard InChI is InChI=1S/C16H25N3O/c1-12-11-13(9-10-15(12)18-17)16(20)19(2)14-7-5-3-4-6-8-14/h9-11,14,18H,3-8,17H2,1-2H3. The van der Waals surface area contributed by atoms with E-state index in [-0.39, 0.29) is 5.91 Å². The molecule has 1 amide bonds. The Balaban J connectivity index is 2.11. The molecule has 20 heavy (non-hydrogen) atoms. The van der Waals surface area contributed by atoms with E-state index in [4.69, 9.17) is 5.84 Å². The van der Waals surface area contributed by atoms with Crippen LogP contribution in [0.5, 0.6) is 0 Å². The maximum absolute atomic E-state index is 12.6. The van der Waals surface area contributed by atoms with Crippen molar-refractivity contribution < 1.29 is 4.79 Å². The summed E-state index contributed by atoms with van der Waals surface area (Å²) in [5.74, 6) is 5.54. The van der Waals surface area contributed by atoms with E-state index in [1.54, 1.807) is 0 Å². The predicted molar refractivity (Wildman–Crippen MR) is 82.6 cm³/mol. The van der Waals surface area contributed by atoms with Gasteiger partial charge in [0.05, 0.1) is 5.69 Å². The molecule has 1 aliphatic rings. The maximum atomic E-state index is 12.6. The second-order valence-electron chi connectivity index (χ2n) is 5.74.